The molecule has 1 aromatic carbocycles. The number of aliphatic carboxylic acids is 1. The van der Waals surface area contributed by atoms with Gasteiger partial charge in [-0.1, -0.05) is 23.7 Å². The average Bonchev–Trinajstić information content (AvgIpc) is 2.89. The van der Waals surface area contributed by atoms with E-state index < -0.39 is 12.0 Å². The van der Waals surface area contributed by atoms with Crippen LogP contribution in [0.15, 0.2) is 24.3 Å². The smallest absolute Gasteiger partial charge is 0.322 e. The van der Waals surface area contributed by atoms with Gasteiger partial charge in [0.15, 0.2) is 0 Å². The minimum atomic E-state index is -0.796. The van der Waals surface area contributed by atoms with Crippen LogP contribution in [0.25, 0.3) is 0 Å². The lowest BCUT2D eigenvalue weighted by Gasteiger charge is -2.33. The molecule has 1 aliphatic rings. The normalized spacial score (nSPS) is 17.9. The van der Waals surface area contributed by atoms with Crippen LogP contribution in [0, 0.1) is 6.92 Å². The van der Waals surface area contributed by atoms with Crippen molar-refractivity contribution in [2.24, 2.45) is 0 Å². The number of aryl methyl sites for hydroxylation is 2. The molecule has 0 aliphatic carbocycles. The topological polar surface area (TPSA) is 71.2 Å². The fourth-order valence-corrected chi connectivity index (χ4v) is 3.09. The van der Waals surface area contributed by atoms with Crippen LogP contribution in [0.5, 0.6) is 0 Å². The van der Waals surface area contributed by atoms with Gasteiger partial charge in [0.1, 0.15) is 17.7 Å². The van der Waals surface area contributed by atoms with Crippen molar-refractivity contribution >= 4 is 17.6 Å². The summed E-state index contributed by atoms with van der Waals surface area (Å²) in [5.74, 6) is 0.814. The number of fused-ring (bicyclic) bond motifs is 1. The van der Waals surface area contributed by atoms with Crippen LogP contribution in [0.4, 0.5) is 0 Å². The van der Waals surface area contributed by atoms with Crippen molar-refractivity contribution in [3.05, 3.63) is 46.5 Å². The molecule has 0 saturated heterocycles. The average molecular weight is 335 g/mol. The Morgan fingerprint density at radius 3 is 2.78 bits per heavy atom. The van der Waals surface area contributed by atoms with E-state index in [1.165, 1.54) is 5.56 Å². The summed E-state index contributed by atoms with van der Waals surface area (Å²) in [6.07, 6.45) is 1.78. The van der Waals surface area contributed by atoms with Crippen molar-refractivity contribution in [3.8, 4) is 0 Å². The van der Waals surface area contributed by atoms with Crippen molar-refractivity contribution < 1.29 is 9.90 Å². The number of rotatable bonds is 5. The number of carboxylic acids is 1. The van der Waals surface area contributed by atoms with Crippen molar-refractivity contribution in [1.29, 1.82) is 0 Å². The summed E-state index contributed by atoms with van der Waals surface area (Å²) < 4.78 is 1.90. The van der Waals surface area contributed by atoms with Gasteiger partial charge in [-0.3, -0.25) is 9.69 Å². The fourth-order valence-electron chi connectivity index (χ4n) is 2.97. The van der Waals surface area contributed by atoms with E-state index in [0.717, 1.165) is 29.5 Å². The Kier molecular flexibility index (Phi) is 4.63. The molecule has 0 fully saturated rings. The lowest BCUT2D eigenvalue weighted by atomic mass is 10.1. The zero-order valence-electron chi connectivity index (χ0n) is 12.9. The fraction of sp³-hybridized carbons (Fsp3) is 0.438. The molecule has 1 aromatic heterocycles. The van der Waals surface area contributed by atoms with Crippen LogP contribution in [-0.2, 0) is 24.3 Å². The molecule has 23 heavy (non-hydrogen) atoms. The van der Waals surface area contributed by atoms with E-state index in [9.17, 15) is 9.90 Å². The summed E-state index contributed by atoms with van der Waals surface area (Å²) in [7, 11) is 0. The number of carbonyl (C=O) groups is 1. The van der Waals surface area contributed by atoms with Crippen molar-refractivity contribution in [2.45, 2.75) is 38.9 Å². The maximum Gasteiger partial charge on any atom is 0.322 e. The molecule has 1 aliphatic heterocycles. The van der Waals surface area contributed by atoms with Gasteiger partial charge in [0.25, 0.3) is 0 Å². The van der Waals surface area contributed by atoms with Gasteiger partial charge in [0, 0.05) is 5.02 Å². The SMILES string of the molecule is Cc1nnc2n1CC(C(=O)O)N(CCCc1ccc(Cl)cc1)C2. The number of halogens is 1. The molecule has 2 heterocycles. The van der Waals surface area contributed by atoms with E-state index in [1.54, 1.807) is 0 Å². The molecular formula is C16H19ClN4O2. The van der Waals surface area contributed by atoms with Gasteiger partial charge in [-0.15, -0.1) is 10.2 Å². The second-order valence-corrected chi connectivity index (χ2v) is 6.27. The first kappa shape index (κ1) is 16.0. The van der Waals surface area contributed by atoms with Crippen LogP contribution in [0.3, 0.4) is 0 Å². The Morgan fingerprint density at radius 2 is 2.09 bits per heavy atom. The lowest BCUT2D eigenvalue weighted by Crippen LogP contribution is -2.48. The molecule has 0 bridgehead atoms. The van der Waals surface area contributed by atoms with E-state index in [-0.39, 0.29) is 0 Å². The van der Waals surface area contributed by atoms with Crippen molar-refractivity contribution in [2.75, 3.05) is 6.54 Å². The molecule has 3 rings (SSSR count). The Balaban J connectivity index is 1.63. The summed E-state index contributed by atoms with van der Waals surface area (Å²) in [6.45, 7) is 3.50. The van der Waals surface area contributed by atoms with Gasteiger partial charge in [-0.25, -0.2) is 0 Å². The van der Waals surface area contributed by atoms with Crippen molar-refractivity contribution in [1.82, 2.24) is 19.7 Å². The van der Waals surface area contributed by atoms with E-state index >= 15 is 0 Å². The van der Waals surface area contributed by atoms with Crippen LogP contribution in [-0.4, -0.2) is 43.3 Å². The highest BCUT2D eigenvalue weighted by Crippen LogP contribution is 2.19. The molecule has 1 N–H and O–H groups in total. The number of nitrogens with zero attached hydrogens (tertiary/aromatic N) is 4. The van der Waals surface area contributed by atoms with Crippen LogP contribution >= 0.6 is 11.6 Å². The first-order chi connectivity index (χ1) is 11.0. The summed E-state index contributed by atoms with van der Waals surface area (Å²) >= 11 is 5.88. The van der Waals surface area contributed by atoms with Crippen LogP contribution < -0.4 is 0 Å². The maximum atomic E-state index is 11.6. The Morgan fingerprint density at radius 1 is 1.35 bits per heavy atom. The molecular weight excluding hydrogens is 316 g/mol. The highest BCUT2D eigenvalue weighted by Gasteiger charge is 2.32. The first-order valence-corrected chi connectivity index (χ1v) is 8.02. The molecule has 1 atom stereocenters. The number of hydrogen-bond acceptors (Lipinski definition) is 4. The van der Waals surface area contributed by atoms with Gasteiger partial charge < -0.3 is 9.67 Å². The zero-order valence-corrected chi connectivity index (χ0v) is 13.7. The quantitative estimate of drug-likeness (QED) is 0.907. The van der Waals surface area contributed by atoms with Crippen LogP contribution in [0.2, 0.25) is 5.02 Å². The third-order valence-electron chi connectivity index (χ3n) is 4.26. The van der Waals surface area contributed by atoms with Gasteiger partial charge >= 0.3 is 5.97 Å². The molecule has 0 spiro atoms. The second-order valence-electron chi connectivity index (χ2n) is 5.83. The third-order valence-corrected chi connectivity index (χ3v) is 4.51. The Bertz CT molecular complexity index is 699. The number of hydrogen-bond donors (Lipinski definition) is 1. The van der Waals surface area contributed by atoms with Crippen LogP contribution in [0.1, 0.15) is 23.6 Å². The molecule has 0 radical (unpaired) electrons. The minimum absolute atomic E-state index is 0.407. The predicted octanol–water partition coefficient (Wildman–Crippen LogP) is 2.14. The Hall–Kier alpha value is -1.92. The largest absolute Gasteiger partial charge is 0.480 e. The lowest BCUT2D eigenvalue weighted by molar-refractivity contribution is -0.145. The molecule has 0 saturated carbocycles. The third kappa shape index (κ3) is 3.54. The summed E-state index contributed by atoms with van der Waals surface area (Å²) in [5, 5.41) is 18.4. The molecule has 122 valence electrons. The van der Waals surface area contributed by atoms with E-state index in [4.69, 9.17) is 11.6 Å². The molecule has 1 unspecified atom stereocenters. The first-order valence-electron chi connectivity index (χ1n) is 7.64. The maximum absolute atomic E-state index is 11.6. The second kappa shape index (κ2) is 6.68. The minimum Gasteiger partial charge on any atom is -0.480 e. The zero-order chi connectivity index (χ0) is 16.4. The van der Waals surface area contributed by atoms with Gasteiger partial charge in [0.05, 0.1) is 13.1 Å². The number of carboxylic acid groups (broad SMARTS) is 1. The standard InChI is InChI=1S/C16H19ClN4O2/c1-11-18-19-15-10-20(14(16(22)23)9-21(11)15)8-2-3-12-4-6-13(17)7-5-12/h4-7,14H,2-3,8-10H2,1H3,(H,22,23). The van der Waals surface area contributed by atoms with Gasteiger partial charge in [-0.05, 0) is 44.0 Å². The highest BCUT2D eigenvalue weighted by molar-refractivity contribution is 6.30. The number of aromatic nitrogens is 3. The van der Waals surface area contributed by atoms with E-state index in [2.05, 4.69) is 10.2 Å². The van der Waals surface area contributed by atoms with Gasteiger partial charge in [-0.2, -0.15) is 0 Å². The summed E-state index contributed by atoms with van der Waals surface area (Å²) in [6, 6.07) is 7.24. The highest BCUT2D eigenvalue weighted by atomic mass is 35.5. The molecule has 6 nitrogen and oxygen atoms in total. The molecule has 7 heteroatoms. The molecule has 0 amide bonds. The van der Waals surface area contributed by atoms with E-state index in [0.29, 0.717) is 19.6 Å². The van der Waals surface area contributed by atoms with Crippen molar-refractivity contribution in [3.63, 3.8) is 0 Å². The predicted molar refractivity (Wildman–Crippen MR) is 86.4 cm³/mol. The summed E-state index contributed by atoms with van der Waals surface area (Å²) in [5.41, 5.74) is 1.21. The monoisotopic (exact) mass is 334 g/mol. The Labute approximate surface area is 139 Å². The summed E-state index contributed by atoms with van der Waals surface area (Å²) in [4.78, 5) is 13.5. The van der Waals surface area contributed by atoms with E-state index in [1.807, 2.05) is 40.7 Å². The molecule has 2 aromatic rings. The number of benzene rings is 1. The van der Waals surface area contributed by atoms with Gasteiger partial charge in [0.2, 0.25) is 0 Å².